The van der Waals surface area contributed by atoms with E-state index in [9.17, 15) is 4.79 Å². The second kappa shape index (κ2) is 6.57. The highest BCUT2D eigenvalue weighted by Crippen LogP contribution is 2.19. The molecule has 1 aliphatic heterocycles. The van der Waals surface area contributed by atoms with Crippen LogP contribution in [0.15, 0.2) is 24.3 Å². The van der Waals surface area contributed by atoms with Crippen molar-refractivity contribution in [2.24, 2.45) is 0 Å². The first-order valence-electron chi connectivity index (χ1n) is 6.85. The van der Waals surface area contributed by atoms with Crippen LogP contribution in [0.5, 0.6) is 5.75 Å². The lowest BCUT2D eigenvalue weighted by molar-refractivity contribution is -0.123. The first kappa shape index (κ1) is 13.9. The maximum Gasteiger partial charge on any atom is 0.227 e. The van der Waals surface area contributed by atoms with E-state index in [1.54, 1.807) is 7.11 Å². The minimum Gasteiger partial charge on any atom is -0.497 e. The second-order valence-corrected chi connectivity index (χ2v) is 5.05. The number of amides is 1. The van der Waals surface area contributed by atoms with Crippen LogP contribution in [-0.2, 0) is 4.79 Å². The summed E-state index contributed by atoms with van der Waals surface area (Å²) in [5.41, 5.74) is 1.02. The van der Waals surface area contributed by atoms with Gasteiger partial charge in [0, 0.05) is 12.6 Å². The molecular weight excluding hydrogens is 240 g/mol. The van der Waals surface area contributed by atoms with Gasteiger partial charge in [-0.1, -0.05) is 12.1 Å². The molecule has 104 valence electrons. The summed E-state index contributed by atoms with van der Waals surface area (Å²) in [6.45, 7) is 3.87. The Balaban J connectivity index is 1.93. The van der Waals surface area contributed by atoms with Gasteiger partial charge in [-0.15, -0.1) is 0 Å². The van der Waals surface area contributed by atoms with E-state index >= 15 is 0 Å². The van der Waals surface area contributed by atoms with Gasteiger partial charge in [0.25, 0.3) is 0 Å². The maximum absolute atomic E-state index is 12.2. The zero-order chi connectivity index (χ0) is 13.7. The van der Waals surface area contributed by atoms with Crippen molar-refractivity contribution in [1.82, 2.24) is 10.6 Å². The molecule has 19 heavy (non-hydrogen) atoms. The number of carbonyl (C=O) groups excluding carboxylic acids is 1. The van der Waals surface area contributed by atoms with Crippen LogP contribution in [0.3, 0.4) is 0 Å². The number of piperidine rings is 1. The monoisotopic (exact) mass is 262 g/mol. The van der Waals surface area contributed by atoms with Gasteiger partial charge < -0.3 is 15.4 Å². The third kappa shape index (κ3) is 3.70. The topological polar surface area (TPSA) is 50.4 Å². The van der Waals surface area contributed by atoms with Gasteiger partial charge in [-0.25, -0.2) is 0 Å². The third-order valence-corrected chi connectivity index (χ3v) is 3.65. The van der Waals surface area contributed by atoms with Crippen molar-refractivity contribution in [2.75, 3.05) is 20.2 Å². The molecular formula is C15H22N2O2. The number of hydrogen-bond donors (Lipinski definition) is 2. The third-order valence-electron chi connectivity index (χ3n) is 3.65. The van der Waals surface area contributed by atoms with Crippen molar-refractivity contribution >= 4 is 5.91 Å². The van der Waals surface area contributed by atoms with E-state index in [0.717, 1.165) is 37.2 Å². The number of carbonyl (C=O) groups is 1. The molecule has 4 nitrogen and oxygen atoms in total. The molecule has 1 fully saturated rings. The van der Waals surface area contributed by atoms with E-state index in [-0.39, 0.29) is 17.9 Å². The average Bonchev–Trinajstić information content (AvgIpc) is 2.47. The van der Waals surface area contributed by atoms with Gasteiger partial charge in [0.05, 0.1) is 13.0 Å². The zero-order valence-electron chi connectivity index (χ0n) is 11.6. The number of hydrogen-bond acceptors (Lipinski definition) is 3. The lowest BCUT2D eigenvalue weighted by Crippen LogP contribution is -2.46. The highest BCUT2D eigenvalue weighted by Gasteiger charge is 2.20. The van der Waals surface area contributed by atoms with Gasteiger partial charge in [-0.2, -0.15) is 0 Å². The van der Waals surface area contributed by atoms with Crippen LogP contribution < -0.4 is 15.4 Å². The van der Waals surface area contributed by atoms with E-state index < -0.39 is 0 Å². The Bertz CT molecular complexity index is 411. The fourth-order valence-corrected chi connectivity index (χ4v) is 2.35. The van der Waals surface area contributed by atoms with Crippen molar-refractivity contribution in [3.8, 4) is 5.75 Å². The minimum atomic E-state index is -0.132. The summed E-state index contributed by atoms with van der Waals surface area (Å²) in [6.07, 6.45) is 2.19. The number of benzene rings is 1. The van der Waals surface area contributed by atoms with Gasteiger partial charge in [-0.05, 0) is 44.0 Å². The molecule has 2 atom stereocenters. The molecule has 0 aliphatic carbocycles. The largest absolute Gasteiger partial charge is 0.497 e. The normalized spacial score (nSPS) is 20.6. The number of ether oxygens (including phenoxy) is 1. The summed E-state index contributed by atoms with van der Waals surface area (Å²) in [5, 5.41) is 6.42. The Morgan fingerprint density at radius 3 is 2.74 bits per heavy atom. The summed E-state index contributed by atoms with van der Waals surface area (Å²) < 4.78 is 5.12. The molecule has 1 aromatic carbocycles. The smallest absolute Gasteiger partial charge is 0.227 e. The van der Waals surface area contributed by atoms with E-state index in [1.807, 2.05) is 31.2 Å². The van der Waals surface area contributed by atoms with Gasteiger partial charge >= 0.3 is 0 Å². The van der Waals surface area contributed by atoms with Crippen LogP contribution in [0, 0.1) is 0 Å². The average molecular weight is 262 g/mol. The van der Waals surface area contributed by atoms with Gasteiger partial charge in [0.2, 0.25) is 5.91 Å². The summed E-state index contributed by atoms with van der Waals surface area (Å²) in [6, 6.07) is 7.94. The molecule has 0 aromatic heterocycles. The van der Waals surface area contributed by atoms with Crippen LogP contribution in [0.2, 0.25) is 0 Å². The molecule has 0 saturated carbocycles. The molecule has 1 amide bonds. The minimum absolute atomic E-state index is 0.0962. The quantitative estimate of drug-likeness (QED) is 0.868. The fourth-order valence-electron chi connectivity index (χ4n) is 2.35. The number of rotatable bonds is 4. The van der Waals surface area contributed by atoms with Crippen LogP contribution in [-0.4, -0.2) is 32.1 Å². The van der Waals surface area contributed by atoms with Crippen molar-refractivity contribution in [1.29, 1.82) is 0 Å². The van der Waals surface area contributed by atoms with E-state index in [4.69, 9.17) is 4.74 Å². The van der Waals surface area contributed by atoms with Crippen molar-refractivity contribution in [3.05, 3.63) is 29.8 Å². The first-order valence-corrected chi connectivity index (χ1v) is 6.85. The molecule has 2 N–H and O–H groups in total. The van der Waals surface area contributed by atoms with Gasteiger partial charge in [-0.3, -0.25) is 4.79 Å². The van der Waals surface area contributed by atoms with Gasteiger partial charge in [0.15, 0.2) is 0 Å². The first-order chi connectivity index (χ1) is 9.20. The Hall–Kier alpha value is -1.55. The highest BCUT2D eigenvalue weighted by molar-refractivity contribution is 5.83. The van der Waals surface area contributed by atoms with Crippen LogP contribution in [0.1, 0.15) is 31.2 Å². The fraction of sp³-hybridized carbons (Fsp3) is 0.533. The van der Waals surface area contributed by atoms with Crippen molar-refractivity contribution in [2.45, 2.75) is 31.7 Å². The molecule has 2 unspecified atom stereocenters. The molecule has 0 radical (unpaired) electrons. The Morgan fingerprint density at radius 2 is 2.16 bits per heavy atom. The Kier molecular flexibility index (Phi) is 4.80. The molecule has 1 saturated heterocycles. The van der Waals surface area contributed by atoms with Crippen LogP contribution >= 0.6 is 0 Å². The van der Waals surface area contributed by atoms with E-state index in [2.05, 4.69) is 10.6 Å². The van der Waals surface area contributed by atoms with Crippen LogP contribution in [0.25, 0.3) is 0 Å². The SMILES string of the molecule is COc1ccc(C(C)C(=O)NC2CCCNC2)cc1. The Morgan fingerprint density at radius 1 is 1.42 bits per heavy atom. The molecule has 0 spiro atoms. The lowest BCUT2D eigenvalue weighted by Gasteiger charge is -2.25. The number of nitrogens with one attached hydrogen (secondary N) is 2. The summed E-state index contributed by atoms with van der Waals surface area (Å²) >= 11 is 0. The van der Waals surface area contributed by atoms with Crippen molar-refractivity contribution < 1.29 is 9.53 Å². The summed E-state index contributed by atoms with van der Waals surface area (Å²) in [5.74, 6) is 0.777. The predicted molar refractivity (Wildman–Crippen MR) is 75.4 cm³/mol. The molecule has 1 heterocycles. The molecule has 1 aromatic rings. The summed E-state index contributed by atoms with van der Waals surface area (Å²) in [4.78, 5) is 12.2. The maximum atomic E-state index is 12.2. The molecule has 1 aliphatic rings. The number of methoxy groups -OCH3 is 1. The second-order valence-electron chi connectivity index (χ2n) is 5.05. The molecule has 0 bridgehead atoms. The predicted octanol–water partition coefficient (Wildman–Crippen LogP) is 1.67. The Labute approximate surface area is 114 Å². The lowest BCUT2D eigenvalue weighted by atomic mass is 9.99. The molecule has 4 heteroatoms. The van der Waals surface area contributed by atoms with Gasteiger partial charge in [0.1, 0.15) is 5.75 Å². The molecule has 2 rings (SSSR count). The van der Waals surface area contributed by atoms with E-state index in [0.29, 0.717) is 0 Å². The summed E-state index contributed by atoms with van der Waals surface area (Å²) in [7, 11) is 1.64. The zero-order valence-corrected chi connectivity index (χ0v) is 11.6. The van der Waals surface area contributed by atoms with E-state index in [1.165, 1.54) is 0 Å². The standard InChI is InChI=1S/C15H22N2O2/c1-11(12-5-7-14(19-2)8-6-12)15(18)17-13-4-3-9-16-10-13/h5-8,11,13,16H,3-4,9-10H2,1-2H3,(H,17,18). The van der Waals surface area contributed by atoms with Crippen LogP contribution in [0.4, 0.5) is 0 Å². The highest BCUT2D eigenvalue weighted by atomic mass is 16.5. The van der Waals surface area contributed by atoms with Crippen molar-refractivity contribution in [3.63, 3.8) is 0 Å².